The van der Waals surface area contributed by atoms with Gasteiger partial charge in [-0.25, -0.2) is 9.59 Å². The summed E-state index contributed by atoms with van der Waals surface area (Å²) in [6.45, 7) is 1.78. The van der Waals surface area contributed by atoms with Crippen molar-refractivity contribution in [2.24, 2.45) is 0 Å². The fourth-order valence-corrected chi connectivity index (χ4v) is 4.77. The van der Waals surface area contributed by atoms with E-state index < -0.39 is 18.1 Å². The maximum Gasteiger partial charge on any atom is 0.410 e. The molecule has 0 aromatic heterocycles. The van der Waals surface area contributed by atoms with Crippen LogP contribution in [0.5, 0.6) is 0 Å². The van der Waals surface area contributed by atoms with Crippen LogP contribution in [0.2, 0.25) is 0 Å². The Kier molecular flexibility index (Phi) is 5.56. The van der Waals surface area contributed by atoms with Crippen LogP contribution in [-0.2, 0) is 9.53 Å². The SMILES string of the molecule is C[C@@H](C(=O)O)N(C(=O)OCC1c2ccccc2-c2ccccc21)C1CCCCC1. The van der Waals surface area contributed by atoms with E-state index in [0.29, 0.717) is 0 Å². The third-order valence-electron chi connectivity index (χ3n) is 6.29. The van der Waals surface area contributed by atoms with Crippen molar-refractivity contribution in [2.75, 3.05) is 6.61 Å². The van der Waals surface area contributed by atoms with Gasteiger partial charge >= 0.3 is 12.1 Å². The van der Waals surface area contributed by atoms with Crippen LogP contribution < -0.4 is 0 Å². The van der Waals surface area contributed by atoms with Gasteiger partial charge in [0.25, 0.3) is 0 Å². The van der Waals surface area contributed by atoms with Gasteiger partial charge in [0.05, 0.1) is 0 Å². The highest BCUT2D eigenvalue weighted by Gasteiger charge is 2.35. The third kappa shape index (κ3) is 3.74. The molecule has 0 bridgehead atoms. The summed E-state index contributed by atoms with van der Waals surface area (Å²) < 4.78 is 5.75. The average molecular weight is 393 g/mol. The zero-order valence-corrected chi connectivity index (χ0v) is 16.7. The molecule has 1 fully saturated rings. The lowest BCUT2D eigenvalue weighted by Gasteiger charge is -2.36. The molecule has 0 spiro atoms. The molecule has 1 saturated carbocycles. The summed E-state index contributed by atoms with van der Waals surface area (Å²) in [6, 6.07) is 15.4. The molecule has 152 valence electrons. The summed E-state index contributed by atoms with van der Waals surface area (Å²) >= 11 is 0. The van der Waals surface area contributed by atoms with Crippen LogP contribution in [0.4, 0.5) is 4.79 Å². The molecule has 0 saturated heterocycles. The van der Waals surface area contributed by atoms with Gasteiger partial charge in [0, 0.05) is 12.0 Å². The molecule has 4 rings (SSSR count). The predicted molar refractivity (Wildman–Crippen MR) is 111 cm³/mol. The molecule has 0 aliphatic heterocycles. The first-order valence-corrected chi connectivity index (χ1v) is 10.4. The largest absolute Gasteiger partial charge is 0.480 e. The highest BCUT2D eigenvalue weighted by atomic mass is 16.6. The molecule has 29 heavy (non-hydrogen) atoms. The van der Waals surface area contributed by atoms with Crippen LogP contribution in [0.1, 0.15) is 56.1 Å². The van der Waals surface area contributed by atoms with E-state index in [1.54, 1.807) is 6.92 Å². The van der Waals surface area contributed by atoms with Crippen LogP contribution in [0.25, 0.3) is 11.1 Å². The molecule has 1 N–H and O–H groups in total. The smallest absolute Gasteiger partial charge is 0.410 e. The zero-order valence-electron chi connectivity index (χ0n) is 16.7. The Balaban J connectivity index is 1.54. The number of carboxylic acid groups (broad SMARTS) is 1. The number of carbonyl (C=O) groups is 2. The average Bonchev–Trinajstić information content (AvgIpc) is 3.07. The molecule has 0 heterocycles. The molecule has 0 radical (unpaired) electrons. The number of hydrogen-bond acceptors (Lipinski definition) is 3. The lowest BCUT2D eigenvalue weighted by atomic mass is 9.93. The predicted octanol–water partition coefficient (Wildman–Crippen LogP) is 5.04. The molecule has 2 aromatic rings. The molecule has 5 nitrogen and oxygen atoms in total. The highest BCUT2D eigenvalue weighted by Crippen LogP contribution is 2.44. The van der Waals surface area contributed by atoms with Crippen LogP contribution in [0.15, 0.2) is 48.5 Å². The number of amides is 1. The third-order valence-corrected chi connectivity index (χ3v) is 6.29. The van der Waals surface area contributed by atoms with Gasteiger partial charge in [-0.2, -0.15) is 0 Å². The molecular formula is C24H27NO4. The first kappa shape index (κ1) is 19.5. The molecule has 2 aliphatic rings. The fraction of sp³-hybridized carbons (Fsp3) is 0.417. The van der Waals surface area contributed by atoms with Gasteiger partial charge in [-0.3, -0.25) is 4.90 Å². The standard InChI is InChI=1S/C24H27NO4/c1-16(23(26)27)25(17-9-3-2-4-10-17)24(28)29-15-22-20-13-7-5-11-18(20)19-12-6-8-14-21(19)22/h5-8,11-14,16-17,22H,2-4,9-10,15H2,1H3,(H,26,27)/t16-/m0/s1. The van der Waals surface area contributed by atoms with Gasteiger partial charge in [-0.05, 0) is 42.0 Å². The quantitative estimate of drug-likeness (QED) is 0.772. The maximum atomic E-state index is 13.0. The molecule has 5 heteroatoms. The van der Waals surface area contributed by atoms with Gasteiger partial charge in [-0.15, -0.1) is 0 Å². The van der Waals surface area contributed by atoms with Crippen LogP contribution >= 0.6 is 0 Å². The number of rotatable bonds is 5. The van der Waals surface area contributed by atoms with Crippen molar-refractivity contribution < 1.29 is 19.4 Å². The number of aliphatic carboxylic acids is 1. The highest BCUT2D eigenvalue weighted by molar-refractivity contribution is 5.81. The summed E-state index contributed by atoms with van der Waals surface area (Å²) in [4.78, 5) is 26.1. The lowest BCUT2D eigenvalue weighted by molar-refractivity contribution is -0.143. The molecule has 2 aromatic carbocycles. The minimum absolute atomic E-state index is 0.0281. The second-order valence-corrected chi connectivity index (χ2v) is 8.02. The number of benzene rings is 2. The van der Waals surface area contributed by atoms with E-state index in [-0.39, 0.29) is 18.6 Å². The van der Waals surface area contributed by atoms with E-state index >= 15 is 0 Å². The minimum atomic E-state index is -0.996. The van der Waals surface area contributed by atoms with Gasteiger partial charge in [0.1, 0.15) is 12.6 Å². The summed E-state index contributed by atoms with van der Waals surface area (Å²) in [7, 11) is 0. The van der Waals surface area contributed by atoms with Crippen molar-refractivity contribution in [1.82, 2.24) is 4.90 Å². The van der Waals surface area contributed by atoms with E-state index in [0.717, 1.165) is 43.2 Å². The monoisotopic (exact) mass is 393 g/mol. The summed E-state index contributed by atoms with van der Waals surface area (Å²) in [5.41, 5.74) is 4.65. The number of nitrogens with zero attached hydrogens (tertiary/aromatic N) is 1. The number of ether oxygens (including phenoxy) is 1. The van der Waals surface area contributed by atoms with Crippen molar-refractivity contribution in [3.05, 3.63) is 59.7 Å². The van der Waals surface area contributed by atoms with Crippen molar-refractivity contribution in [1.29, 1.82) is 0 Å². The van der Waals surface area contributed by atoms with Crippen LogP contribution in [-0.4, -0.2) is 40.8 Å². The Morgan fingerprint density at radius 1 is 1.00 bits per heavy atom. The van der Waals surface area contributed by atoms with Gasteiger partial charge in [-0.1, -0.05) is 67.8 Å². The fourth-order valence-electron chi connectivity index (χ4n) is 4.77. The van der Waals surface area contributed by atoms with Gasteiger partial charge < -0.3 is 9.84 Å². The van der Waals surface area contributed by atoms with Crippen molar-refractivity contribution in [3.8, 4) is 11.1 Å². The Bertz CT molecular complexity index is 858. The van der Waals surface area contributed by atoms with Crippen LogP contribution in [0, 0.1) is 0 Å². The minimum Gasteiger partial charge on any atom is -0.480 e. The lowest BCUT2D eigenvalue weighted by Crippen LogP contribution is -2.50. The topological polar surface area (TPSA) is 66.8 Å². The molecule has 0 unspecified atom stereocenters. The second kappa shape index (κ2) is 8.27. The van der Waals surface area contributed by atoms with E-state index in [1.165, 1.54) is 16.0 Å². The van der Waals surface area contributed by atoms with Crippen LogP contribution in [0.3, 0.4) is 0 Å². The first-order valence-electron chi connectivity index (χ1n) is 10.4. The second-order valence-electron chi connectivity index (χ2n) is 8.02. The van der Waals surface area contributed by atoms with Crippen molar-refractivity contribution in [2.45, 2.75) is 57.0 Å². The molecule has 1 amide bonds. The summed E-state index contributed by atoms with van der Waals surface area (Å²) in [5.74, 6) is -1.02. The molecular weight excluding hydrogens is 366 g/mol. The van der Waals surface area contributed by atoms with E-state index in [4.69, 9.17) is 4.74 Å². The van der Waals surface area contributed by atoms with Crippen molar-refractivity contribution in [3.63, 3.8) is 0 Å². The Hall–Kier alpha value is -2.82. The molecule has 1 atom stereocenters. The van der Waals surface area contributed by atoms with E-state index in [1.807, 2.05) is 24.3 Å². The number of fused-ring (bicyclic) bond motifs is 3. The first-order chi connectivity index (χ1) is 14.1. The summed E-state index contributed by atoms with van der Waals surface area (Å²) in [5, 5.41) is 9.52. The summed E-state index contributed by atoms with van der Waals surface area (Å²) in [6.07, 6.45) is 4.32. The van der Waals surface area contributed by atoms with Crippen molar-refractivity contribution >= 4 is 12.1 Å². The van der Waals surface area contributed by atoms with Gasteiger partial charge in [0.2, 0.25) is 0 Å². The normalized spacial score (nSPS) is 17.3. The number of carboxylic acids is 1. The number of hydrogen-bond donors (Lipinski definition) is 1. The Labute approximate surface area is 171 Å². The Morgan fingerprint density at radius 3 is 2.10 bits per heavy atom. The van der Waals surface area contributed by atoms with E-state index in [2.05, 4.69) is 24.3 Å². The van der Waals surface area contributed by atoms with Gasteiger partial charge in [0.15, 0.2) is 0 Å². The Morgan fingerprint density at radius 2 is 1.55 bits per heavy atom. The maximum absolute atomic E-state index is 13.0. The number of carbonyl (C=O) groups excluding carboxylic acids is 1. The van der Waals surface area contributed by atoms with E-state index in [9.17, 15) is 14.7 Å². The zero-order chi connectivity index (χ0) is 20.4. The molecule has 2 aliphatic carbocycles.